The van der Waals surface area contributed by atoms with Crippen molar-refractivity contribution < 1.29 is 9.47 Å². The van der Waals surface area contributed by atoms with E-state index in [-0.39, 0.29) is 0 Å². The predicted molar refractivity (Wildman–Crippen MR) is 50.7 cm³/mol. The van der Waals surface area contributed by atoms with Gasteiger partial charge in [0.25, 0.3) is 0 Å². The highest BCUT2D eigenvalue weighted by atomic mass is 16.5. The molecule has 0 aromatic carbocycles. The zero-order chi connectivity index (χ0) is 9.10. The van der Waals surface area contributed by atoms with Gasteiger partial charge in [-0.1, -0.05) is 0 Å². The van der Waals surface area contributed by atoms with E-state index in [1.807, 2.05) is 0 Å². The molecule has 0 aromatic heterocycles. The minimum atomic E-state index is 0.440. The lowest BCUT2D eigenvalue weighted by molar-refractivity contribution is 0.104. The van der Waals surface area contributed by atoms with Crippen LogP contribution in [0.2, 0.25) is 0 Å². The summed E-state index contributed by atoms with van der Waals surface area (Å²) in [5.74, 6) is 0.709. The van der Waals surface area contributed by atoms with Crippen LogP contribution in [0.3, 0.4) is 0 Å². The summed E-state index contributed by atoms with van der Waals surface area (Å²) in [6.07, 6.45) is 2.82. The molecular formula is C10H19NO2. The van der Waals surface area contributed by atoms with Gasteiger partial charge in [0.1, 0.15) is 0 Å². The van der Waals surface area contributed by atoms with Crippen molar-refractivity contribution in [1.82, 2.24) is 5.32 Å². The van der Waals surface area contributed by atoms with Gasteiger partial charge in [0, 0.05) is 25.8 Å². The lowest BCUT2D eigenvalue weighted by Gasteiger charge is -2.17. The smallest absolute Gasteiger partial charge is 0.0620 e. The van der Waals surface area contributed by atoms with Gasteiger partial charge >= 0.3 is 0 Å². The fourth-order valence-electron chi connectivity index (χ4n) is 2.06. The molecule has 2 saturated heterocycles. The Labute approximate surface area is 79.8 Å². The van der Waals surface area contributed by atoms with E-state index in [0.29, 0.717) is 18.1 Å². The number of rotatable bonds is 3. The van der Waals surface area contributed by atoms with Crippen LogP contribution < -0.4 is 5.32 Å². The average molecular weight is 185 g/mol. The third-order valence-corrected chi connectivity index (χ3v) is 3.13. The van der Waals surface area contributed by atoms with Crippen LogP contribution in [-0.2, 0) is 9.47 Å². The maximum atomic E-state index is 5.51. The number of hydrogen-bond donors (Lipinski definition) is 1. The van der Waals surface area contributed by atoms with Crippen LogP contribution in [0, 0.1) is 5.92 Å². The van der Waals surface area contributed by atoms with E-state index in [1.54, 1.807) is 0 Å². The molecule has 2 fully saturated rings. The number of hydrogen-bond acceptors (Lipinski definition) is 3. The molecule has 2 heterocycles. The average Bonchev–Trinajstić information content (AvgIpc) is 2.72. The molecule has 0 aromatic rings. The van der Waals surface area contributed by atoms with Crippen molar-refractivity contribution in [3.05, 3.63) is 0 Å². The van der Waals surface area contributed by atoms with Crippen LogP contribution in [0.1, 0.15) is 19.8 Å². The summed E-state index contributed by atoms with van der Waals surface area (Å²) in [5.41, 5.74) is 0. The Morgan fingerprint density at radius 2 is 2.23 bits per heavy atom. The van der Waals surface area contributed by atoms with E-state index in [0.717, 1.165) is 26.4 Å². The van der Waals surface area contributed by atoms with Gasteiger partial charge in [-0.3, -0.25) is 0 Å². The van der Waals surface area contributed by atoms with Crippen LogP contribution in [-0.4, -0.2) is 38.5 Å². The molecule has 3 atom stereocenters. The van der Waals surface area contributed by atoms with E-state index >= 15 is 0 Å². The SMILES string of the molecule is CC1OCCC1CNC1CCOC1. The summed E-state index contributed by atoms with van der Waals surface area (Å²) in [4.78, 5) is 0. The fraction of sp³-hybridized carbons (Fsp3) is 1.00. The van der Waals surface area contributed by atoms with Gasteiger partial charge in [-0.2, -0.15) is 0 Å². The van der Waals surface area contributed by atoms with Crippen molar-refractivity contribution in [3.63, 3.8) is 0 Å². The van der Waals surface area contributed by atoms with Crippen LogP contribution in [0.15, 0.2) is 0 Å². The summed E-state index contributed by atoms with van der Waals surface area (Å²) < 4.78 is 10.8. The molecule has 3 nitrogen and oxygen atoms in total. The topological polar surface area (TPSA) is 30.5 Å². The van der Waals surface area contributed by atoms with Gasteiger partial charge in [-0.25, -0.2) is 0 Å². The highest BCUT2D eigenvalue weighted by Crippen LogP contribution is 2.19. The largest absolute Gasteiger partial charge is 0.380 e. The second-order valence-corrected chi connectivity index (χ2v) is 4.09. The lowest BCUT2D eigenvalue weighted by Crippen LogP contribution is -2.35. The maximum Gasteiger partial charge on any atom is 0.0620 e. The summed E-state index contributed by atoms with van der Waals surface area (Å²) in [5, 5.41) is 3.55. The molecule has 0 saturated carbocycles. The van der Waals surface area contributed by atoms with Crippen molar-refractivity contribution in [3.8, 4) is 0 Å². The Morgan fingerprint density at radius 3 is 2.85 bits per heavy atom. The Hall–Kier alpha value is -0.120. The van der Waals surface area contributed by atoms with Gasteiger partial charge < -0.3 is 14.8 Å². The molecule has 0 amide bonds. The third-order valence-electron chi connectivity index (χ3n) is 3.13. The predicted octanol–water partition coefficient (Wildman–Crippen LogP) is 0.790. The van der Waals surface area contributed by atoms with Crippen LogP contribution in [0.5, 0.6) is 0 Å². The second kappa shape index (κ2) is 4.40. The molecule has 13 heavy (non-hydrogen) atoms. The number of nitrogens with one attached hydrogen (secondary N) is 1. The molecular weight excluding hydrogens is 166 g/mol. The van der Waals surface area contributed by atoms with Gasteiger partial charge in [0.05, 0.1) is 12.7 Å². The van der Waals surface area contributed by atoms with Crippen LogP contribution in [0.25, 0.3) is 0 Å². The van der Waals surface area contributed by atoms with E-state index in [4.69, 9.17) is 9.47 Å². The van der Waals surface area contributed by atoms with E-state index in [2.05, 4.69) is 12.2 Å². The molecule has 2 rings (SSSR count). The molecule has 76 valence electrons. The molecule has 1 N–H and O–H groups in total. The summed E-state index contributed by atoms with van der Waals surface area (Å²) in [6, 6.07) is 0.591. The van der Waals surface area contributed by atoms with Gasteiger partial charge in [0.2, 0.25) is 0 Å². The van der Waals surface area contributed by atoms with Crippen molar-refractivity contribution in [2.45, 2.75) is 31.9 Å². The zero-order valence-corrected chi connectivity index (χ0v) is 8.29. The number of ether oxygens (including phenoxy) is 2. The highest BCUT2D eigenvalue weighted by molar-refractivity contribution is 4.78. The Kier molecular flexibility index (Phi) is 3.19. The standard InChI is InChI=1S/C10H19NO2/c1-8-9(2-5-13-8)6-11-10-3-4-12-7-10/h8-11H,2-7H2,1H3. The van der Waals surface area contributed by atoms with Crippen molar-refractivity contribution in [1.29, 1.82) is 0 Å². The highest BCUT2D eigenvalue weighted by Gasteiger charge is 2.25. The molecule has 3 heteroatoms. The zero-order valence-electron chi connectivity index (χ0n) is 8.29. The summed E-state index contributed by atoms with van der Waals surface area (Å²) >= 11 is 0. The first kappa shape index (κ1) is 9.44. The summed E-state index contributed by atoms with van der Waals surface area (Å²) in [6.45, 7) is 6.02. The van der Waals surface area contributed by atoms with Crippen molar-refractivity contribution in [2.24, 2.45) is 5.92 Å². The second-order valence-electron chi connectivity index (χ2n) is 4.09. The minimum Gasteiger partial charge on any atom is -0.380 e. The van der Waals surface area contributed by atoms with Crippen molar-refractivity contribution >= 4 is 0 Å². The third kappa shape index (κ3) is 2.42. The molecule has 0 bridgehead atoms. The maximum absolute atomic E-state index is 5.51. The molecule has 0 radical (unpaired) electrons. The molecule has 2 aliphatic rings. The van der Waals surface area contributed by atoms with E-state index in [1.165, 1.54) is 12.8 Å². The normalized spacial score (nSPS) is 39.9. The first-order chi connectivity index (χ1) is 6.36. The van der Waals surface area contributed by atoms with Gasteiger partial charge in [-0.15, -0.1) is 0 Å². The van der Waals surface area contributed by atoms with E-state index in [9.17, 15) is 0 Å². The summed E-state index contributed by atoms with van der Waals surface area (Å²) in [7, 11) is 0. The first-order valence-electron chi connectivity index (χ1n) is 5.29. The fourth-order valence-corrected chi connectivity index (χ4v) is 2.06. The molecule has 0 spiro atoms. The Morgan fingerprint density at radius 1 is 1.31 bits per heavy atom. The Bertz CT molecular complexity index is 157. The van der Waals surface area contributed by atoms with Gasteiger partial charge in [-0.05, 0) is 25.7 Å². The molecule has 0 aliphatic carbocycles. The monoisotopic (exact) mass is 185 g/mol. The lowest BCUT2D eigenvalue weighted by atomic mass is 10.0. The Balaban J connectivity index is 1.66. The quantitative estimate of drug-likeness (QED) is 0.705. The van der Waals surface area contributed by atoms with Crippen LogP contribution >= 0.6 is 0 Å². The van der Waals surface area contributed by atoms with Crippen LogP contribution in [0.4, 0.5) is 0 Å². The van der Waals surface area contributed by atoms with E-state index < -0.39 is 0 Å². The van der Waals surface area contributed by atoms with Gasteiger partial charge in [0.15, 0.2) is 0 Å². The molecule has 2 aliphatic heterocycles. The minimum absolute atomic E-state index is 0.440. The molecule has 3 unspecified atom stereocenters. The van der Waals surface area contributed by atoms with Crippen molar-refractivity contribution in [2.75, 3.05) is 26.4 Å². The first-order valence-corrected chi connectivity index (χ1v) is 5.29.